The molecule has 0 radical (unpaired) electrons. The van der Waals surface area contributed by atoms with Crippen molar-refractivity contribution in [3.05, 3.63) is 11.6 Å². The van der Waals surface area contributed by atoms with Crippen LogP contribution in [-0.2, 0) is 14.3 Å². The number of rotatable bonds is 0. The average molecular weight is 250 g/mol. The number of hydrogen-bond acceptors (Lipinski definition) is 4. The summed E-state index contributed by atoms with van der Waals surface area (Å²) in [5.74, 6) is -2.15. The quantitative estimate of drug-likeness (QED) is 0.657. The number of carbonyl (C=O) groups is 2. The lowest BCUT2D eigenvalue weighted by Gasteiger charge is -2.46. The minimum absolute atomic E-state index is 0.0494. The second-order valence-electron chi connectivity index (χ2n) is 6.41. The highest BCUT2D eigenvalue weighted by Gasteiger charge is 2.61. The first kappa shape index (κ1) is 12.1. The van der Waals surface area contributed by atoms with E-state index in [1.54, 1.807) is 13.0 Å². The van der Waals surface area contributed by atoms with Crippen LogP contribution in [-0.4, -0.2) is 28.6 Å². The molecule has 1 saturated heterocycles. The normalized spacial score (nSPS) is 45.8. The summed E-state index contributed by atoms with van der Waals surface area (Å²) < 4.78 is 5.59. The van der Waals surface area contributed by atoms with Crippen LogP contribution >= 0.6 is 0 Å². The molecule has 0 aromatic rings. The summed E-state index contributed by atoms with van der Waals surface area (Å²) >= 11 is 0. The molecule has 0 aromatic heterocycles. The molecule has 2 fully saturated rings. The Kier molecular flexibility index (Phi) is 2.21. The van der Waals surface area contributed by atoms with Crippen LogP contribution in [0, 0.1) is 17.3 Å². The van der Waals surface area contributed by atoms with Crippen molar-refractivity contribution in [3.63, 3.8) is 0 Å². The van der Waals surface area contributed by atoms with E-state index in [9.17, 15) is 14.7 Å². The van der Waals surface area contributed by atoms with Crippen LogP contribution in [0.5, 0.6) is 0 Å². The molecule has 4 bridgehead atoms. The zero-order valence-corrected chi connectivity index (χ0v) is 10.9. The number of fused-ring (bicyclic) bond motifs is 5. The van der Waals surface area contributed by atoms with Crippen LogP contribution < -0.4 is 0 Å². The van der Waals surface area contributed by atoms with E-state index < -0.39 is 17.3 Å². The SMILES string of the molecule is CC1=C[C@]2(O)O[C@H]1C(=O)[C@H]1CC(=O)C[C@@H]2C1(C)C. The molecule has 4 heteroatoms. The number of ketones is 2. The zero-order valence-electron chi connectivity index (χ0n) is 10.9. The smallest absolute Gasteiger partial charge is 0.190 e. The van der Waals surface area contributed by atoms with Crippen molar-refractivity contribution in [1.29, 1.82) is 0 Å². The first-order valence-corrected chi connectivity index (χ1v) is 6.40. The molecule has 3 rings (SSSR count). The maximum absolute atomic E-state index is 12.5. The summed E-state index contributed by atoms with van der Waals surface area (Å²) in [6.07, 6.45) is 1.52. The van der Waals surface area contributed by atoms with Crippen molar-refractivity contribution < 1.29 is 19.4 Å². The molecule has 0 unspecified atom stereocenters. The predicted octanol–water partition coefficient (Wildman–Crippen LogP) is 1.22. The van der Waals surface area contributed by atoms with E-state index in [0.29, 0.717) is 0 Å². The van der Waals surface area contributed by atoms with Gasteiger partial charge in [0.15, 0.2) is 11.6 Å². The third kappa shape index (κ3) is 1.33. The van der Waals surface area contributed by atoms with Gasteiger partial charge in [-0.1, -0.05) is 13.8 Å². The predicted molar refractivity (Wildman–Crippen MR) is 63.6 cm³/mol. The minimum Gasteiger partial charge on any atom is -0.362 e. The monoisotopic (exact) mass is 250 g/mol. The molecule has 18 heavy (non-hydrogen) atoms. The van der Waals surface area contributed by atoms with Gasteiger partial charge in [-0.05, 0) is 24.0 Å². The highest BCUT2D eigenvalue weighted by Crippen LogP contribution is 2.55. The highest BCUT2D eigenvalue weighted by atomic mass is 16.6. The Bertz CT molecular complexity index is 476. The van der Waals surface area contributed by atoms with E-state index in [4.69, 9.17) is 4.74 Å². The van der Waals surface area contributed by atoms with Gasteiger partial charge < -0.3 is 9.84 Å². The van der Waals surface area contributed by atoms with Gasteiger partial charge in [-0.2, -0.15) is 0 Å². The van der Waals surface area contributed by atoms with Crippen molar-refractivity contribution in [1.82, 2.24) is 0 Å². The lowest BCUT2D eigenvalue weighted by Crippen LogP contribution is -2.51. The standard InChI is InChI=1S/C14H18O4/c1-7-6-14(17)10-5-8(15)4-9(13(10,2)3)11(16)12(7)18-14/h6,9-10,12,17H,4-5H2,1-3H3/t9-,10-,12-,14+/m1/s1. The van der Waals surface area contributed by atoms with Crippen LogP contribution in [0.4, 0.5) is 0 Å². The molecular formula is C14H18O4. The third-order valence-electron chi connectivity index (χ3n) is 4.92. The lowest BCUT2D eigenvalue weighted by atomic mass is 9.57. The van der Waals surface area contributed by atoms with E-state index in [1.165, 1.54) is 0 Å². The second-order valence-corrected chi connectivity index (χ2v) is 6.41. The lowest BCUT2D eigenvalue weighted by molar-refractivity contribution is -0.218. The van der Waals surface area contributed by atoms with Gasteiger partial charge in [0.05, 0.1) is 0 Å². The summed E-state index contributed by atoms with van der Waals surface area (Å²) in [7, 11) is 0. The molecule has 0 aromatic carbocycles. The second kappa shape index (κ2) is 3.31. The molecule has 0 amide bonds. The maximum Gasteiger partial charge on any atom is 0.190 e. The molecule has 98 valence electrons. The number of Topliss-reactive ketones (excluding diaryl/α,β-unsaturated/α-hetero) is 2. The van der Waals surface area contributed by atoms with Crippen molar-refractivity contribution in [2.45, 2.75) is 45.5 Å². The van der Waals surface area contributed by atoms with Gasteiger partial charge in [0.25, 0.3) is 0 Å². The van der Waals surface area contributed by atoms with Crippen LogP contribution in [0.1, 0.15) is 33.6 Å². The Morgan fingerprint density at radius 3 is 2.67 bits per heavy atom. The highest BCUT2D eigenvalue weighted by molar-refractivity contribution is 5.95. The van der Waals surface area contributed by atoms with Crippen molar-refractivity contribution in [2.24, 2.45) is 17.3 Å². The molecule has 1 aliphatic carbocycles. The Morgan fingerprint density at radius 1 is 1.33 bits per heavy atom. The molecule has 3 aliphatic rings. The Labute approximate surface area is 106 Å². The van der Waals surface area contributed by atoms with Gasteiger partial charge in [-0.25, -0.2) is 0 Å². The number of aliphatic hydroxyl groups is 1. The van der Waals surface area contributed by atoms with Gasteiger partial charge in [-0.15, -0.1) is 0 Å². The number of carbonyl (C=O) groups excluding carboxylic acids is 2. The minimum atomic E-state index is -1.46. The summed E-state index contributed by atoms with van der Waals surface area (Å²) in [6.45, 7) is 5.71. The fourth-order valence-corrected chi connectivity index (χ4v) is 3.82. The summed E-state index contributed by atoms with van der Waals surface area (Å²) in [5.41, 5.74) is 0.355. The Balaban J connectivity index is 2.19. The molecule has 1 saturated carbocycles. The van der Waals surface area contributed by atoms with Crippen LogP contribution in [0.15, 0.2) is 11.6 Å². The topological polar surface area (TPSA) is 63.6 Å². The molecule has 2 heterocycles. The van der Waals surface area contributed by atoms with Gasteiger partial charge in [0.1, 0.15) is 11.9 Å². The Morgan fingerprint density at radius 2 is 2.00 bits per heavy atom. The van der Waals surface area contributed by atoms with Crippen LogP contribution in [0.3, 0.4) is 0 Å². The molecular weight excluding hydrogens is 232 g/mol. The number of ether oxygens (including phenoxy) is 1. The molecule has 0 spiro atoms. The van der Waals surface area contributed by atoms with E-state index >= 15 is 0 Å². The van der Waals surface area contributed by atoms with Gasteiger partial charge >= 0.3 is 0 Å². The molecule has 4 nitrogen and oxygen atoms in total. The first-order chi connectivity index (χ1) is 8.25. The van der Waals surface area contributed by atoms with Crippen molar-refractivity contribution >= 4 is 11.6 Å². The molecule has 1 N–H and O–H groups in total. The first-order valence-electron chi connectivity index (χ1n) is 6.40. The van der Waals surface area contributed by atoms with Crippen LogP contribution in [0.2, 0.25) is 0 Å². The fraction of sp³-hybridized carbons (Fsp3) is 0.714. The number of hydrogen-bond donors (Lipinski definition) is 1. The molecule has 2 aliphatic heterocycles. The van der Waals surface area contributed by atoms with E-state index in [2.05, 4.69) is 0 Å². The Hall–Kier alpha value is -1.00. The van der Waals surface area contributed by atoms with Crippen molar-refractivity contribution in [2.75, 3.05) is 0 Å². The fourth-order valence-electron chi connectivity index (χ4n) is 3.82. The van der Waals surface area contributed by atoms with Crippen molar-refractivity contribution in [3.8, 4) is 0 Å². The largest absolute Gasteiger partial charge is 0.362 e. The average Bonchev–Trinajstić information content (AvgIpc) is 2.56. The summed E-state index contributed by atoms with van der Waals surface area (Å²) in [6, 6.07) is 0. The maximum atomic E-state index is 12.5. The third-order valence-corrected chi connectivity index (χ3v) is 4.92. The van der Waals surface area contributed by atoms with E-state index in [0.717, 1.165) is 5.57 Å². The summed E-state index contributed by atoms with van der Waals surface area (Å²) in [5, 5.41) is 10.7. The van der Waals surface area contributed by atoms with E-state index in [-0.39, 0.29) is 36.2 Å². The van der Waals surface area contributed by atoms with E-state index in [1.807, 2.05) is 13.8 Å². The summed E-state index contributed by atoms with van der Waals surface area (Å²) in [4.78, 5) is 24.3. The molecule has 4 atom stereocenters. The van der Waals surface area contributed by atoms with Gasteiger partial charge in [-0.3, -0.25) is 9.59 Å². The zero-order chi connectivity index (χ0) is 13.3. The van der Waals surface area contributed by atoms with Gasteiger partial charge in [0.2, 0.25) is 0 Å². The van der Waals surface area contributed by atoms with Crippen LogP contribution in [0.25, 0.3) is 0 Å². The van der Waals surface area contributed by atoms with Gasteiger partial charge in [0, 0.05) is 24.7 Å².